The molecule has 0 amide bonds. The van der Waals surface area contributed by atoms with Crippen LogP contribution in [-0.4, -0.2) is 24.3 Å². The lowest BCUT2D eigenvalue weighted by atomic mass is 10.2. The van der Waals surface area contributed by atoms with E-state index in [0.29, 0.717) is 22.3 Å². The number of Topliss-reactive ketones (excluding diaryl/α,β-unsaturated/α-hetero) is 1. The number of thiophene rings is 1. The third-order valence-electron chi connectivity index (χ3n) is 2.66. The maximum atomic E-state index is 12.0. The van der Waals surface area contributed by atoms with E-state index < -0.39 is 0 Å². The van der Waals surface area contributed by atoms with E-state index in [1.165, 1.54) is 11.3 Å². The molecule has 0 N–H and O–H groups in total. The molecule has 0 fully saturated rings. The summed E-state index contributed by atoms with van der Waals surface area (Å²) < 4.78 is 0.636. The van der Waals surface area contributed by atoms with Crippen molar-refractivity contribution in [2.45, 2.75) is 6.54 Å². The highest BCUT2D eigenvalue weighted by atomic mass is 35.5. The van der Waals surface area contributed by atoms with Crippen LogP contribution in [0.25, 0.3) is 0 Å². The summed E-state index contributed by atoms with van der Waals surface area (Å²) in [5.41, 5.74) is 1.02. The molecule has 1 aromatic heterocycles. The fourth-order valence-corrected chi connectivity index (χ4v) is 2.93. The highest BCUT2D eigenvalue weighted by molar-refractivity contribution is 7.18. The minimum atomic E-state index is 0.0754. The molecule has 2 rings (SSSR count). The zero-order valence-electron chi connectivity index (χ0n) is 10.4. The summed E-state index contributed by atoms with van der Waals surface area (Å²) >= 11 is 13.2. The first kappa shape index (κ1) is 14.5. The SMILES string of the molecule is CN(CC(=O)c1ccc(Cl)s1)Cc1ccccc1Cl. The van der Waals surface area contributed by atoms with E-state index in [1.54, 1.807) is 12.1 Å². The van der Waals surface area contributed by atoms with Gasteiger partial charge >= 0.3 is 0 Å². The Hall–Kier alpha value is -0.870. The Bertz CT molecular complexity index is 582. The second-order valence-electron chi connectivity index (χ2n) is 4.29. The lowest BCUT2D eigenvalue weighted by molar-refractivity contribution is 0.0947. The summed E-state index contributed by atoms with van der Waals surface area (Å²) in [5.74, 6) is 0.0754. The lowest BCUT2D eigenvalue weighted by Gasteiger charge is -2.16. The number of hydrogen-bond donors (Lipinski definition) is 0. The monoisotopic (exact) mass is 313 g/mol. The number of hydrogen-bond acceptors (Lipinski definition) is 3. The topological polar surface area (TPSA) is 20.3 Å². The zero-order valence-corrected chi connectivity index (χ0v) is 12.7. The standard InChI is InChI=1S/C14H13Cl2NOS/c1-17(8-10-4-2-3-5-11(10)15)9-12(18)13-6-7-14(16)19-13/h2-7H,8-9H2,1H3. The van der Waals surface area contributed by atoms with Crippen LogP contribution in [0, 0.1) is 0 Å². The van der Waals surface area contributed by atoms with Crippen LogP contribution in [0.3, 0.4) is 0 Å². The van der Waals surface area contributed by atoms with Gasteiger partial charge < -0.3 is 0 Å². The molecular weight excluding hydrogens is 301 g/mol. The fourth-order valence-electron chi connectivity index (χ4n) is 1.76. The van der Waals surface area contributed by atoms with Crippen LogP contribution in [0.15, 0.2) is 36.4 Å². The summed E-state index contributed by atoms with van der Waals surface area (Å²) in [4.78, 5) is 14.7. The van der Waals surface area contributed by atoms with E-state index >= 15 is 0 Å². The Balaban J connectivity index is 1.96. The molecule has 0 spiro atoms. The first-order valence-electron chi connectivity index (χ1n) is 5.77. The summed E-state index contributed by atoms with van der Waals surface area (Å²) in [6.07, 6.45) is 0. The molecule has 1 heterocycles. The molecule has 0 atom stereocenters. The van der Waals surface area contributed by atoms with Crippen molar-refractivity contribution < 1.29 is 4.79 Å². The Morgan fingerprint density at radius 3 is 2.58 bits per heavy atom. The Labute approximate surface area is 126 Å². The minimum absolute atomic E-state index is 0.0754. The molecule has 0 saturated carbocycles. The van der Waals surface area contributed by atoms with Gasteiger partial charge in [0.2, 0.25) is 0 Å². The number of ketones is 1. The summed E-state index contributed by atoms with van der Waals surface area (Å²) in [6, 6.07) is 11.2. The number of halogens is 2. The molecule has 2 aromatic rings. The molecule has 0 saturated heterocycles. The summed E-state index contributed by atoms with van der Waals surface area (Å²) in [7, 11) is 1.90. The smallest absolute Gasteiger partial charge is 0.186 e. The van der Waals surface area contributed by atoms with Crippen molar-refractivity contribution in [3.05, 3.63) is 56.2 Å². The zero-order chi connectivity index (χ0) is 13.8. The van der Waals surface area contributed by atoms with Crippen LogP contribution in [-0.2, 0) is 6.54 Å². The second kappa shape index (κ2) is 6.53. The van der Waals surface area contributed by atoms with Crippen LogP contribution in [0.2, 0.25) is 9.36 Å². The average molecular weight is 314 g/mol. The van der Waals surface area contributed by atoms with E-state index in [4.69, 9.17) is 23.2 Å². The molecule has 0 unspecified atom stereocenters. The van der Waals surface area contributed by atoms with E-state index in [2.05, 4.69) is 0 Å². The number of nitrogens with zero attached hydrogens (tertiary/aromatic N) is 1. The fraction of sp³-hybridized carbons (Fsp3) is 0.214. The van der Waals surface area contributed by atoms with Crippen LogP contribution < -0.4 is 0 Å². The van der Waals surface area contributed by atoms with Gasteiger partial charge in [0.25, 0.3) is 0 Å². The number of rotatable bonds is 5. The van der Waals surface area contributed by atoms with Gasteiger partial charge in [-0.05, 0) is 30.8 Å². The molecule has 5 heteroatoms. The Kier molecular flexibility index (Phi) is 4.99. The minimum Gasteiger partial charge on any atom is -0.294 e. The van der Waals surface area contributed by atoms with Gasteiger partial charge in [0.15, 0.2) is 5.78 Å². The quantitative estimate of drug-likeness (QED) is 0.764. The number of carbonyl (C=O) groups is 1. The molecule has 0 aliphatic rings. The average Bonchev–Trinajstić information content (AvgIpc) is 2.79. The van der Waals surface area contributed by atoms with E-state index in [1.807, 2.05) is 36.2 Å². The van der Waals surface area contributed by atoms with Crippen molar-refractivity contribution in [3.8, 4) is 0 Å². The maximum Gasteiger partial charge on any atom is 0.186 e. The molecule has 2 nitrogen and oxygen atoms in total. The Morgan fingerprint density at radius 2 is 1.95 bits per heavy atom. The van der Waals surface area contributed by atoms with Crippen molar-refractivity contribution in [3.63, 3.8) is 0 Å². The largest absolute Gasteiger partial charge is 0.294 e. The van der Waals surface area contributed by atoms with Crippen LogP contribution in [0.1, 0.15) is 15.2 Å². The number of likely N-dealkylation sites (N-methyl/N-ethyl adjacent to an activating group) is 1. The molecule has 0 bridgehead atoms. The van der Waals surface area contributed by atoms with Gasteiger partial charge in [-0.3, -0.25) is 9.69 Å². The van der Waals surface area contributed by atoms with Crippen molar-refractivity contribution in [2.75, 3.05) is 13.6 Å². The van der Waals surface area contributed by atoms with Gasteiger partial charge in [0.1, 0.15) is 0 Å². The number of carbonyl (C=O) groups excluding carboxylic acids is 1. The van der Waals surface area contributed by atoms with E-state index in [0.717, 1.165) is 10.6 Å². The molecule has 0 radical (unpaired) electrons. The van der Waals surface area contributed by atoms with Gasteiger partial charge in [0, 0.05) is 11.6 Å². The first-order chi connectivity index (χ1) is 9.06. The second-order valence-corrected chi connectivity index (χ2v) is 6.41. The summed E-state index contributed by atoms with van der Waals surface area (Å²) in [6.45, 7) is 0.993. The molecule has 100 valence electrons. The third-order valence-corrected chi connectivity index (χ3v) is 4.30. The van der Waals surface area contributed by atoms with Crippen molar-refractivity contribution in [1.29, 1.82) is 0 Å². The molecule has 1 aromatic carbocycles. The van der Waals surface area contributed by atoms with Crippen molar-refractivity contribution in [2.24, 2.45) is 0 Å². The molecular formula is C14H13Cl2NOS. The molecule has 0 aliphatic heterocycles. The molecule has 0 aliphatic carbocycles. The third kappa shape index (κ3) is 4.05. The normalized spacial score (nSPS) is 10.9. The predicted molar refractivity (Wildman–Crippen MR) is 81.4 cm³/mol. The van der Waals surface area contributed by atoms with Crippen LogP contribution >= 0.6 is 34.5 Å². The first-order valence-corrected chi connectivity index (χ1v) is 7.34. The van der Waals surface area contributed by atoms with Crippen molar-refractivity contribution >= 4 is 40.3 Å². The highest BCUT2D eigenvalue weighted by Gasteiger charge is 2.12. The molecule has 19 heavy (non-hydrogen) atoms. The van der Waals surface area contributed by atoms with Crippen LogP contribution in [0.5, 0.6) is 0 Å². The van der Waals surface area contributed by atoms with Crippen molar-refractivity contribution in [1.82, 2.24) is 4.90 Å². The van der Waals surface area contributed by atoms with Gasteiger partial charge in [-0.15, -0.1) is 11.3 Å². The lowest BCUT2D eigenvalue weighted by Crippen LogP contribution is -2.25. The van der Waals surface area contributed by atoms with E-state index in [9.17, 15) is 4.79 Å². The highest BCUT2D eigenvalue weighted by Crippen LogP contribution is 2.22. The maximum absolute atomic E-state index is 12.0. The van der Waals surface area contributed by atoms with Gasteiger partial charge in [-0.25, -0.2) is 0 Å². The van der Waals surface area contributed by atoms with Gasteiger partial charge in [-0.1, -0.05) is 41.4 Å². The van der Waals surface area contributed by atoms with Gasteiger partial charge in [0.05, 0.1) is 15.8 Å². The van der Waals surface area contributed by atoms with E-state index in [-0.39, 0.29) is 5.78 Å². The van der Waals surface area contributed by atoms with Gasteiger partial charge in [-0.2, -0.15) is 0 Å². The predicted octanol–water partition coefficient (Wildman–Crippen LogP) is 4.37. The number of benzene rings is 1. The Morgan fingerprint density at radius 1 is 1.21 bits per heavy atom. The summed E-state index contributed by atoms with van der Waals surface area (Å²) in [5, 5.41) is 0.723. The van der Waals surface area contributed by atoms with Crippen LogP contribution in [0.4, 0.5) is 0 Å².